The van der Waals surface area contributed by atoms with Crippen LogP contribution in [0.1, 0.15) is 5.56 Å². The number of aryl methyl sites for hydroxylation is 1. The lowest BCUT2D eigenvalue weighted by molar-refractivity contribution is 1.00. The summed E-state index contributed by atoms with van der Waals surface area (Å²) in [5.41, 5.74) is 3.88. The summed E-state index contributed by atoms with van der Waals surface area (Å²) in [5, 5.41) is 7.17. The predicted octanol–water partition coefficient (Wildman–Crippen LogP) is 1.94. The van der Waals surface area contributed by atoms with Gasteiger partial charge in [0.15, 0.2) is 11.3 Å². The number of H-pyrrole nitrogens is 1. The van der Waals surface area contributed by atoms with Crippen LogP contribution in [0.2, 0.25) is 0 Å². The van der Waals surface area contributed by atoms with Gasteiger partial charge in [0.1, 0.15) is 6.33 Å². The van der Waals surface area contributed by atoms with Crippen LogP contribution in [0, 0.1) is 6.92 Å². The van der Waals surface area contributed by atoms with Crippen molar-refractivity contribution in [3.05, 3.63) is 58.8 Å². The van der Waals surface area contributed by atoms with E-state index in [1.165, 1.54) is 10.7 Å². The van der Waals surface area contributed by atoms with Gasteiger partial charge >= 0.3 is 5.69 Å². The van der Waals surface area contributed by atoms with Crippen molar-refractivity contribution >= 4 is 16.7 Å². The molecule has 0 bridgehead atoms. The Hall–Kier alpha value is -3.02. The third-order valence-corrected chi connectivity index (χ3v) is 3.54. The highest BCUT2D eigenvalue weighted by Gasteiger charge is 2.09. The van der Waals surface area contributed by atoms with Crippen molar-refractivity contribution in [1.29, 1.82) is 0 Å². The predicted molar refractivity (Wildman–Crippen MR) is 79.1 cm³/mol. The summed E-state index contributed by atoms with van der Waals surface area (Å²) in [6.07, 6.45) is 1.44. The molecule has 0 fully saturated rings. The number of fused-ring (bicyclic) bond motifs is 3. The van der Waals surface area contributed by atoms with E-state index < -0.39 is 0 Å². The zero-order chi connectivity index (χ0) is 14.4. The Kier molecular flexibility index (Phi) is 2.38. The summed E-state index contributed by atoms with van der Waals surface area (Å²) >= 11 is 0. The first-order chi connectivity index (χ1) is 10.2. The first kappa shape index (κ1) is 11.8. The van der Waals surface area contributed by atoms with Crippen LogP contribution >= 0.6 is 0 Å². The Bertz CT molecular complexity index is 1030. The molecule has 0 aliphatic heterocycles. The third kappa shape index (κ3) is 1.73. The van der Waals surface area contributed by atoms with Crippen molar-refractivity contribution in [3.8, 4) is 11.3 Å². The lowest BCUT2D eigenvalue weighted by Gasteiger charge is -2.06. The van der Waals surface area contributed by atoms with Gasteiger partial charge < -0.3 is 0 Å². The summed E-state index contributed by atoms with van der Waals surface area (Å²) in [5.74, 6) is 0. The minimum absolute atomic E-state index is 0.303. The largest absolute Gasteiger partial charge is 0.348 e. The van der Waals surface area contributed by atoms with E-state index in [-0.39, 0.29) is 5.69 Å². The van der Waals surface area contributed by atoms with Gasteiger partial charge in [-0.25, -0.2) is 24.3 Å². The minimum Gasteiger partial charge on any atom is -0.246 e. The molecule has 3 heterocycles. The minimum atomic E-state index is -0.303. The second kappa shape index (κ2) is 4.24. The molecule has 0 unspecified atom stereocenters. The molecule has 0 saturated heterocycles. The average Bonchev–Trinajstić information content (AvgIpc) is 2.89. The van der Waals surface area contributed by atoms with E-state index in [9.17, 15) is 4.79 Å². The number of benzene rings is 1. The summed E-state index contributed by atoms with van der Waals surface area (Å²) in [4.78, 5) is 20.4. The van der Waals surface area contributed by atoms with Gasteiger partial charge in [-0.15, -0.1) is 0 Å². The Balaban J connectivity index is 2.01. The zero-order valence-electron chi connectivity index (χ0n) is 11.2. The van der Waals surface area contributed by atoms with Gasteiger partial charge in [0.05, 0.1) is 11.1 Å². The highest BCUT2D eigenvalue weighted by molar-refractivity contribution is 5.89. The molecule has 0 spiro atoms. The van der Waals surface area contributed by atoms with Crippen LogP contribution in [-0.4, -0.2) is 24.6 Å². The fourth-order valence-electron chi connectivity index (χ4n) is 2.45. The molecule has 102 valence electrons. The topological polar surface area (TPSA) is 75.9 Å². The molecule has 0 aliphatic carbocycles. The van der Waals surface area contributed by atoms with E-state index in [2.05, 4.69) is 20.2 Å². The Labute approximate surface area is 119 Å². The molecule has 21 heavy (non-hydrogen) atoms. The van der Waals surface area contributed by atoms with Crippen molar-refractivity contribution in [2.24, 2.45) is 0 Å². The van der Waals surface area contributed by atoms with Crippen LogP contribution in [0.15, 0.2) is 47.5 Å². The molecule has 6 heteroatoms. The maximum Gasteiger partial charge on any atom is 0.348 e. The number of nitrogens with one attached hydrogen (secondary N) is 1. The second-order valence-corrected chi connectivity index (χ2v) is 4.85. The molecule has 1 N–H and O–H groups in total. The Morgan fingerprint density at radius 3 is 2.86 bits per heavy atom. The van der Waals surface area contributed by atoms with Crippen molar-refractivity contribution in [2.45, 2.75) is 6.92 Å². The van der Waals surface area contributed by atoms with E-state index in [1.54, 1.807) is 0 Å². The molecular formula is C15H11N5O. The molecular weight excluding hydrogens is 266 g/mol. The molecule has 0 amide bonds. The van der Waals surface area contributed by atoms with E-state index >= 15 is 0 Å². The number of hydrogen-bond acceptors (Lipinski definition) is 4. The van der Waals surface area contributed by atoms with Gasteiger partial charge in [0.25, 0.3) is 0 Å². The maximum atomic E-state index is 11.5. The smallest absolute Gasteiger partial charge is 0.246 e. The maximum absolute atomic E-state index is 11.5. The molecule has 4 rings (SSSR count). The molecule has 0 saturated carbocycles. The fourth-order valence-corrected chi connectivity index (χ4v) is 2.45. The SMILES string of the molecule is Cc1ccccc1-c1ccc2c(ncn3c(=O)[nH]nc23)n1. The standard InChI is InChI=1S/C15H11N5O/c1-9-4-2-3-5-10(9)12-7-6-11-13(17-12)16-8-20-14(11)18-19-15(20)21/h2-8H,1H3,(H,19,21). The number of aromatic nitrogens is 5. The molecule has 0 radical (unpaired) electrons. The Morgan fingerprint density at radius 2 is 2.00 bits per heavy atom. The van der Waals surface area contributed by atoms with Crippen LogP contribution in [-0.2, 0) is 0 Å². The zero-order valence-corrected chi connectivity index (χ0v) is 11.2. The van der Waals surface area contributed by atoms with Gasteiger partial charge in [-0.2, -0.15) is 5.10 Å². The van der Waals surface area contributed by atoms with E-state index in [0.29, 0.717) is 11.3 Å². The normalized spacial score (nSPS) is 11.3. The van der Waals surface area contributed by atoms with Crippen molar-refractivity contribution in [1.82, 2.24) is 24.6 Å². The van der Waals surface area contributed by atoms with Gasteiger partial charge in [0.2, 0.25) is 0 Å². The third-order valence-electron chi connectivity index (χ3n) is 3.54. The van der Waals surface area contributed by atoms with Crippen LogP contribution in [0.25, 0.3) is 27.9 Å². The second-order valence-electron chi connectivity index (χ2n) is 4.85. The molecule has 6 nitrogen and oxygen atoms in total. The van der Waals surface area contributed by atoms with Crippen LogP contribution in [0.4, 0.5) is 0 Å². The molecule has 1 aromatic carbocycles. The number of aromatic amines is 1. The van der Waals surface area contributed by atoms with Crippen molar-refractivity contribution in [2.75, 3.05) is 0 Å². The van der Waals surface area contributed by atoms with Crippen LogP contribution in [0.3, 0.4) is 0 Å². The average molecular weight is 277 g/mol. The van der Waals surface area contributed by atoms with Gasteiger partial charge in [-0.05, 0) is 24.6 Å². The van der Waals surface area contributed by atoms with Crippen molar-refractivity contribution in [3.63, 3.8) is 0 Å². The van der Waals surface area contributed by atoms with E-state index in [0.717, 1.165) is 22.2 Å². The lowest BCUT2D eigenvalue weighted by Crippen LogP contribution is -2.09. The highest BCUT2D eigenvalue weighted by atomic mass is 16.1. The quantitative estimate of drug-likeness (QED) is 0.577. The van der Waals surface area contributed by atoms with Crippen molar-refractivity contribution < 1.29 is 0 Å². The first-order valence-electron chi connectivity index (χ1n) is 6.52. The van der Waals surface area contributed by atoms with Crippen LogP contribution in [0.5, 0.6) is 0 Å². The highest BCUT2D eigenvalue weighted by Crippen LogP contribution is 2.23. The molecule has 0 atom stereocenters. The molecule has 4 aromatic rings. The fraction of sp³-hybridized carbons (Fsp3) is 0.0667. The summed E-state index contributed by atoms with van der Waals surface area (Å²) in [7, 11) is 0. The molecule has 0 aliphatic rings. The number of nitrogens with zero attached hydrogens (tertiary/aromatic N) is 4. The van der Waals surface area contributed by atoms with Gasteiger partial charge in [-0.1, -0.05) is 24.3 Å². The van der Waals surface area contributed by atoms with E-state index in [4.69, 9.17) is 0 Å². The molecule has 3 aromatic heterocycles. The Morgan fingerprint density at radius 1 is 1.14 bits per heavy atom. The van der Waals surface area contributed by atoms with Gasteiger partial charge in [0, 0.05) is 5.56 Å². The lowest BCUT2D eigenvalue weighted by atomic mass is 10.1. The monoisotopic (exact) mass is 277 g/mol. The number of pyridine rings is 1. The van der Waals surface area contributed by atoms with Crippen LogP contribution < -0.4 is 5.69 Å². The number of hydrogen-bond donors (Lipinski definition) is 1. The van der Waals surface area contributed by atoms with Gasteiger partial charge in [-0.3, -0.25) is 0 Å². The van der Waals surface area contributed by atoms with E-state index in [1.807, 2.05) is 43.3 Å². The summed E-state index contributed by atoms with van der Waals surface area (Å²) in [6.45, 7) is 2.05. The number of rotatable bonds is 1. The summed E-state index contributed by atoms with van der Waals surface area (Å²) in [6, 6.07) is 11.9. The first-order valence-corrected chi connectivity index (χ1v) is 6.52. The summed E-state index contributed by atoms with van der Waals surface area (Å²) < 4.78 is 1.37.